The lowest BCUT2D eigenvalue weighted by Gasteiger charge is -2.43. The van der Waals surface area contributed by atoms with Gasteiger partial charge in [-0.25, -0.2) is 0 Å². The van der Waals surface area contributed by atoms with Crippen molar-refractivity contribution in [3.63, 3.8) is 0 Å². The molecule has 26 heavy (non-hydrogen) atoms. The fourth-order valence-electron chi connectivity index (χ4n) is 4.78. The van der Waals surface area contributed by atoms with Gasteiger partial charge in [-0.1, -0.05) is 30.7 Å². The molecule has 1 aromatic carbocycles. The van der Waals surface area contributed by atoms with Crippen LogP contribution in [0.1, 0.15) is 43.2 Å². The maximum Gasteiger partial charge on any atom is 0.223 e. The molecule has 2 fully saturated rings. The third-order valence-electron chi connectivity index (χ3n) is 6.25. The highest BCUT2D eigenvalue weighted by Crippen LogP contribution is 2.41. The molecule has 3 N–H and O–H groups in total. The van der Waals surface area contributed by atoms with Gasteiger partial charge in [0.2, 0.25) is 5.91 Å². The number of hydrogen-bond donors (Lipinski definition) is 2. The van der Waals surface area contributed by atoms with Crippen LogP contribution in [0.4, 0.5) is 0 Å². The van der Waals surface area contributed by atoms with Crippen LogP contribution in [-0.4, -0.2) is 21.7 Å². The van der Waals surface area contributed by atoms with Crippen LogP contribution in [0.25, 0.3) is 0 Å². The monoisotopic (exact) mass is 352 g/mol. The summed E-state index contributed by atoms with van der Waals surface area (Å²) >= 11 is 0. The van der Waals surface area contributed by atoms with Gasteiger partial charge in [0, 0.05) is 30.9 Å². The van der Waals surface area contributed by atoms with Crippen LogP contribution in [-0.2, 0) is 17.9 Å². The smallest absolute Gasteiger partial charge is 0.223 e. The molecule has 0 radical (unpaired) electrons. The second-order valence-corrected chi connectivity index (χ2v) is 7.89. The summed E-state index contributed by atoms with van der Waals surface area (Å²) < 4.78 is 1.91. The summed E-state index contributed by atoms with van der Waals surface area (Å²) in [6.07, 6.45) is 9.31. The molecule has 1 aromatic heterocycles. The second kappa shape index (κ2) is 7.62. The van der Waals surface area contributed by atoms with Crippen molar-refractivity contribution >= 4 is 5.91 Å². The van der Waals surface area contributed by atoms with Gasteiger partial charge in [0.15, 0.2) is 0 Å². The standard InChI is InChI=1S/C21H28N4O/c22-20-15-7-3-8-16(20)12-19(11-15)21(26)23-13-17-5-1-2-6-18(17)14-25-10-4-9-24-25/h1-2,4-6,9-10,15-16,19-20H,3,7-8,11-14,22H2,(H,23,26). The first kappa shape index (κ1) is 17.3. The highest BCUT2D eigenvalue weighted by molar-refractivity contribution is 5.78. The molecule has 138 valence electrons. The molecule has 2 unspecified atom stereocenters. The molecular weight excluding hydrogens is 324 g/mol. The molecule has 0 saturated heterocycles. The van der Waals surface area contributed by atoms with Crippen LogP contribution in [0.3, 0.4) is 0 Å². The van der Waals surface area contributed by atoms with E-state index in [9.17, 15) is 4.79 Å². The van der Waals surface area contributed by atoms with Crippen molar-refractivity contribution in [1.29, 1.82) is 0 Å². The summed E-state index contributed by atoms with van der Waals surface area (Å²) in [4.78, 5) is 12.8. The lowest BCUT2D eigenvalue weighted by Crippen LogP contribution is -2.49. The molecule has 2 saturated carbocycles. The molecule has 2 atom stereocenters. The zero-order valence-electron chi connectivity index (χ0n) is 15.2. The number of hydrogen-bond acceptors (Lipinski definition) is 3. The summed E-state index contributed by atoms with van der Waals surface area (Å²) in [5, 5.41) is 7.46. The Morgan fingerprint density at radius 1 is 1.15 bits per heavy atom. The molecule has 5 heteroatoms. The number of carbonyl (C=O) groups excluding carboxylic acids is 1. The van der Waals surface area contributed by atoms with E-state index >= 15 is 0 Å². The van der Waals surface area contributed by atoms with Gasteiger partial charge >= 0.3 is 0 Å². The van der Waals surface area contributed by atoms with Gasteiger partial charge in [-0.05, 0) is 54.7 Å². The van der Waals surface area contributed by atoms with Crippen molar-refractivity contribution in [1.82, 2.24) is 15.1 Å². The normalized spacial score (nSPS) is 27.9. The minimum atomic E-state index is 0.128. The predicted octanol–water partition coefficient (Wildman–Crippen LogP) is 2.70. The van der Waals surface area contributed by atoms with E-state index in [1.807, 2.05) is 29.1 Å². The second-order valence-electron chi connectivity index (χ2n) is 7.89. The highest BCUT2D eigenvalue weighted by atomic mass is 16.1. The molecule has 0 spiro atoms. The van der Waals surface area contributed by atoms with Crippen molar-refractivity contribution in [2.45, 2.75) is 51.2 Å². The average Bonchev–Trinajstić information content (AvgIpc) is 3.13. The van der Waals surface area contributed by atoms with E-state index in [2.05, 4.69) is 22.5 Å². The van der Waals surface area contributed by atoms with Gasteiger partial charge < -0.3 is 11.1 Å². The van der Waals surface area contributed by atoms with Gasteiger partial charge in [-0.15, -0.1) is 0 Å². The SMILES string of the molecule is NC1C2CCCC1CC(C(=O)NCc1ccccc1Cn1cccn1)C2. The lowest BCUT2D eigenvalue weighted by atomic mass is 9.65. The van der Waals surface area contributed by atoms with Gasteiger partial charge in [0.1, 0.15) is 0 Å². The highest BCUT2D eigenvalue weighted by Gasteiger charge is 2.40. The van der Waals surface area contributed by atoms with E-state index in [1.165, 1.54) is 24.8 Å². The Labute approximate surface area is 155 Å². The van der Waals surface area contributed by atoms with Crippen molar-refractivity contribution < 1.29 is 4.79 Å². The molecule has 2 aliphatic rings. The molecule has 2 bridgehead atoms. The molecule has 5 nitrogen and oxygen atoms in total. The zero-order chi connectivity index (χ0) is 17.9. The Morgan fingerprint density at radius 3 is 2.58 bits per heavy atom. The Hall–Kier alpha value is -2.14. The first-order chi connectivity index (χ1) is 12.7. The van der Waals surface area contributed by atoms with Crippen molar-refractivity contribution in [3.8, 4) is 0 Å². The molecule has 2 aromatic rings. The Morgan fingerprint density at radius 2 is 1.88 bits per heavy atom. The summed E-state index contributed by atoms with van der Waals surface area (Å²) in [6, 6.07) is 10.5. The third-order valence-corrected chi connectivity index (χ3v) is 6.25. The van der Waals surface area contributed by atoms with Crippen LogP contribution in [0.5, 0.6) is 0 Å². The van der Waals surface area contributed by atoms with Crippen LogP contribution < -0.4 is 11.1 Å². The minimum absolute atomic E-state index is 0.128. The number of aromatic nitrogens is 2. The Kier molecular flexibility index (Phi) is 5.07. The summed E-state index contributed by atoms with van der Waals surface area (Å²) in [6.45, 7) is 1.30. The molecule has 0 aliphatic heterocycles. The van der Waals surface area contributed by atoms with Crippen LogP contribution in [0.2, 0.25) is 0 Å². The van der Waals surface area contributed by atoms with E-state index in [1.54, 1.807) is 6.20 Å². The Balaban J connectivity index is 1.38. The molecule has 2 aliphatic carbocycles. The third kappa shape index (κ3) is 3.68. The summed E-state index contributed by atoms with van der Waals surface area (Å²) in [5.74, 6) is 1.39. The van der Waals surface area contributed by atoms with E-state index in [-0.39, 0.29) is 11.8 Å². The number of nitrogens with one attached hydrogen (secondary N) is 1. The number of carbonyl (C=O) groups is 1. The average molecular weight is 352 g/mol. The fraction of sp³-hybridized carbons (Fsp3) is 0.524. The largest absolute Gasteiger partial charge is 0.352 e. The van der Waals surface area contributed by atoms with E-state index in [0.29, 0.717) is 24.4 Å². The first-order valence-electron chi connectivity index (χ1n) is 9.78. The maximum atomic E-state index is 12.8. The number of rotatable bonds is 5. The number of benzene rings is 1. The molecule has 1 amide bonds. The lowest BCUT2D eigenvalue weighted by molar-refractivity contribution is -0.128. The van der Waals surface area contributed by atoms with Gasteiger partial charge in [-0.2, -0.15) is 5.10 Å². The summed E-state index contributed by atoms with van der Waals surface area (Å²) in [5.41, 5.74) is 8.71. The van der Waals surface area contributed by atoms with Gasteiger partial charge in [0.05, 0.1) is 6.54 Å². The van der Waals surface area contributed by atoms with Gasteiger partial charge in [-0.3, -0.25) is 9.48 Å². The predicted molar refractivity (Wildman–Crippen MR) is 101 cm³/mol. The quantitative estimate of drug-likeness (QED) is 0.869. The van der Waals surface area contributed by atoms with Crippen molar-refractivity contribution in [3.05, 3.63) is 53.9 Å². The van der Waals surface area contributed by atoms with Crippen LogP contribution in [0.15, 0.2) is 42.7 Å². The topological polar surface area (TPSA) is 72.9 Å². The van der Waals surface area contributed by atoms with Crippen molar-refractivity contribution in [2.75, 3.05) is 0 Å². The van der Waals surface area contributed by atoms with Crippen molar-refractivity contribution in [2.24, 2.45) is 23.5 Å². The van der Waals surface area contributed by atoms with E-state index < -0.39 is 0 Å². The number of nitrogens with zero attached hydrogens (tertiary/aromatic N) is 2. The molecular formula is C21H28N4O. The Bertz CT molecular complexity index is 728. The molecule has 1 heterocycles. The zero-order valence-corrected chi connectivity index (χ0v) is 15.2. The first-order valence-corrected chi connectivity index (χ1v) is 9.78. The van der Waals surface area contributed by atoms with E-state index in [4.69, 9.17) is 5.73 Å². The summed E-state index contributed by atoms with van der Waals surface area (Å²) in [7, 11) is 0. The number of amides is 1. The number of nitrogens with two attached hydrogens (primary N) is 1. The van der Waals surface area contributed by atoms with Gasteiger partial charge in [0.25, 0.3) is 0 Å². The number of fused-ring (bicyclic) bond motifs is 2. The maximum absolute atomic E-state index is 12.8. The van der Waals surface area contributed by atoms with Crippen LogP contribution in [0, 0.1) is 17.8 Å². The fourth-order valence-corrected chi connectivity index (χ4v) is 4.78. The van der Waals surface area contributed by atoms with E-state index in [0.717, 1.165) is 24.9 Å². The van der Waals surface area contributed by atoms with Crippen LogP contribution >= 0.6 is 0 Å². The molecule has 4 rings (SSSR count). The minimum Gasteiger partial charge on any atom is -0.352 e.